The molecule has 3 aromatic rings. The van der Waals surface area contributed by atoms with Gasteiger partial charge in [0.2, 0.25) is 0 Å². The van der Waals surface area contributed by atoms with Crippen LogP contribution in [0.2, 0.25) is 0 Å². The van der Waals surface area contributed by atoms with Crippen LogP contribution in [-0.4, -0.2) is 29.0 Å². The van der Waals surface area contributed by atoms with Gasteiger partial charge in [-0.15, -0.1) is 0 Å². The van der Waals surface area contributed by atoms with Crippen LogP contribution >= 0.6 is 0 Å². The molecule has 0 fully saturated rings. The van der Waals surface area contributed by atoms with Crippen molar-refractivity contribution >= 4 is 29.1 Å². The third kappa shape index (κ3) is 4.95. The molecule has 1 amide bonds. The first-order valence-corrected chi connectivity index (χ1v) is 9.15. The van der Waals surface area contributed by atoms with Gasteiger partial charge in [-0.25, -0.2) is 14.8 Å². The Hall–Kier alpha value is -3.74. The number of hydrogen-bond donors (Lipinski definition) is 2. The van der Waals surface area contributed by atoms with Crippen molar-refractivity contribution in [3.05, 3.63) is 77.7 Å². The summed E-state index contributed by atoms with van der Waals surface area (Å²) in [6, 6.07) is 14.5. The quantitative estimate of drug-likeness (QED) is 0.607. The van der Waals surface area contributed by atoms with Crippen molar-refractivity contribution < 1.29 is 14.3 Å². The minimum absolute atomic E-state index is 0.206. The SMILES string of the molecule is COC(=O)c1cccc(Nc2cnc(C(=O)Nc3ccccc3C(C)C)cn2)c1. The summed E-state index contributed by atoms with van der Waals surface area (Å²) in [7, 11) is 1.33. The number of carbonyl (C=O) groups is 2. The molecule has 0 aliphatic heterocycles. The fraction of sp³-hybridized carbons (Fsp3) is 0.182. The van der Waals surface area contributed by atoms with Gasteiger partial charge in [0, 0.05) is 11.4 Å². The number of rotatable bonds is 6. The number of nitrogens with one attached hydrogen (secondary N) is 2. The number of hydrogen-bond acceptors (Lipinski definition) is 6. The highest BCUT2D eigenvalue weighted by Crippen LogP contribution is 2.24. The predicted molar refractivity (Wildman–Crippen MR) is 112 cm³/mol. The topological polar surface area (TPSA) is 93.2 Å². The number of aromatic nitrogens is 2. The van der Waals surface area contributed by atoms with E-state index in [1.54, 1.807) is 24.3 Å². The zero-order valence-electron chi connectivity index (χ0n) is 16.5. The summed E-state index contributed by atoms with van der Waals surface area (Å²) < 4.78 is 4.72. The summed E-state index contributed by atoms with van der Waals surface area (Å²) in [5, 5.41) is 5.94. The largest absolute Gasteiger partial charge is 0.465 e. The summed E-state index contributed by atoms with van der Waals surface area (Å²) in [6.07, 6.45) is 2.87. The molecule has 2 aromatic carbocycles. The number of amides is 1. The van der Waals surface area contributed by atoms with Gasteiger partial charge in [0.05, 0.1) is 25.1 Å². The highest BCUT2D eigenvalue weighted by Gasteiger charge is 2.13. The first-order valence-electron chi connectivity index (χ1n) is 9.15. The molecule has 1 heterocycles. The van der Waals surface area contributed by atoms with Gasteiger partial charge in [-0.3, -0.25) is 4.79 Å². The van der Waals surface area contributed by atoms with Crippen LogP contribution in [0.4, 0.5) is 17.2 Å². The normalized spacial score (nSPS) is 10.5. The van der Waals surface area contributed by atoms with Crippen molar-refractivity contribution in [2.24, 2.45) is 0 Å². The number of carbonyl (C=O) groups excluding carboxylic acids is 2. The summed E-state index contributed by atoms with van der Waals surface area (Å²) >= 11 is 0. The molecule has 0 aliphatic carbocycles. The van der Waals surface area contributed by atoms with Gasteiger partial charge in [0.1, 0.15) is 11.5 Å². The second-order valence-corrected chi connectivity index (χ2v) is 6.68. The van der Waals surface area contributed by atoms with E-state index in [0.29, 0.717) is 17.1 Å². The molecule has 0 bridgehead atoms. The lowest BCUT2D eigenvalue weighted by Gasteiger charge is -2.13. The maximum atomic E-state index is 12.5. The summed E-state index contributed by atoms with van der Waals surface area (Å²) in [4.78, 5) is 32.6. The van der Waals surface area contributed by atoms with E-state index in [1.807, 2.05) is 24.3 Å². The van der Waals surface area contributed by atoms with Gasteiger partial charge in [0.15, 0.2) is 0 Å². The molecular formula is C22H22N4O3. The number of methoxy groups -OCH3 is 1. The second-order valence-electron chi connectivity index (χ2n) is 6.68. The molecule has 148 valence electrons. The predicted octanol–water partition coefficient (Wildman–Crippen LogP) is 4.38. The molecule has 2 N–H and O–H groups in total. The molecule has 1 aromatic heterocycles. The average molecular weight is 390 g/mol. The lowest BCUT2D eigenvalue weighted by atomic mass is 10.0. The number of ether oxygens (including phenoxy) is 1. The maximum Gasteiger partial charge on any atom is 0.337 e. The van der Waals surface area contributed by atoms with E-state index < -0.39 is 5.97 Å². The molecule has 29 heavy (non-hydrogen) atoms. The molecule has 0 saturated heterocycles. The minimum atomic E-state index is -0.423. The van der Waals surface area contributed by atoms with Crippen molar-refractivity contribution in [3.8, 4) is 0 Å². The van der Waals surface area contributed by atoms with E-state index in [-0.39, 0.29) is 17.5 Å². The lowest BCUT2D eigenvalue weighted by Crippen LogP contribution is -2.15. The summed E-state index contributed by atoms with van der Waals surface area (Å²) in [5.41, 5.74) is 3.10. The van der Waals surface area contributed by atoms with Gasteiger partial charge < -0.3 is 15.4 Å². The molecular weight excluding hydrogens is 368 g/mol. The van der Waals surface area contributed by atoms with Crippen molar-refractivity contribution in [2.45, 2.75) is 19.8 Å². The van der Waals surface area contributed by atoms with E-state index in [4.69, 9.17) is 4.74 Å². The highest BCUT2D eigenvalue weighted by molar-refractivity contribution is 6.03. The van der Waals surface area contributed by atoms with E-state index in [0.717, 1.165) is 11.3 Å². The van der Waals surface area contributed by atoms with Crippen LogP contribution < -0.4 is 10.6 Å². The summed E-state index contributed by atoms with van der Waals surface area (Å²) in [6.45, 7) is 4.14. The minimum Gasteiger partial charge on any atom is -0.465 e. The molecule has 0 unspecified atom stereocenters. The first-order chi connectivity index (χ1) is 14.0. The Kier molecular flexibility index (Phi) is 6.19. The van der Waals surface area contributed by atoms with Gasteiger partial charge in [-0.2, -0.15) is 0 Å². The first kappa shape index (κ1) is 20.0. The van der Waals surface area contributed by atoms with E-state index in [1.165, 1.54) is 19.5 Å². The standard InChI is InChI=1S/C22H22N4O3/c1-14(2)17-9-4-5-10-18(17)26-21(27)19-12-24-20(13-23-19)25-16-8-6-7-15(11-16)22(28)29-3/h4-14H,1-3H3,(H,24,25)(H,26,27). The third-order valence-electron chi connectivity index (χ3n) is 4.27. The fourth-order valence-corrected chi connectivity index (χ4v) is 2.80. The van der Waals surface area contributed by atoms with Crippen molar-refractivity contribution in [1.29, 1.82) is 0 Å². The molecule has 3 rings (SSSR count). The van der Waals surface area contributed by atoms with E-state index >= 15 is 0 Å². The van der Waals surface area contributed by atoms with Crippen LogP contribution in [0.15, 0.2) is 60.9 Å². The number of para-hydroxylation sites is 1. The number of esters is 1. The fourth-order valence-electron chi connectivity index (χ4n) is 2.80. The van der Waals surface area contributed by atoms with Crippen LogP contribution in [0.1, 0.15) is 46.2 Å². The second kappa shape index (κ2) is 8.97. The van der Waals surface area contributed by atoms with Gasteiger partial charge in [-0.05, 0) is 35.7 Å². The van der Waals surface area contributed by atoms with Gasteiger partial charge >= 0.3 is 5.97 Å². The van der Waals surface area contributed by atoms with E-state index in [2.05, 4.69) is 34.4 Å². The maximum absolute atomic E-state index is 12.5. The van der Waals surface area contributed by atoms with Crippen molar-refractivity contribution in [3.63, 3.8) is 0 Å². The number of benzene rings is 2. The Labute approximate surface area is 169 Å². The molecule has 0 spiro atoms. The summed E-state index contributed by atoms with van der Waals surface area (Å²) in [5.74, 6) is -0.0191. The third-order valence-corrected chi connectivity index (χ3v) is 4.27. The molecule has 0 radical (unpaired) electrons. The van der Waals surface area contributed by atoms with Crippen molar-refractivity contribution in [1.82, 2.24) is 9.97 Å². The molecule has 0 atom stereocenters. The van der Waals surface area contributed by atoms with Crippen LogP contribution in [0.5, 0.6) is 0 Å². The van der Waals surface area contributed by atoms with Crippen LogP contribution in [0, 0.1) is 0 Å². The Morgan fingerprint density at radius 3 is 2.48 bits per heavy atom. The molecule has 0 aliphatic rings. The number of anilines is 3. The Morgan fingerprint density at radius 2 is 1.79 bits per heavy atom. The monoisotopic (exact) mass is 390 g/mol. The Balaban J connectivity index is 1.71. The number of nitrogens with zero attached hydrogens (tertiary/aromatic N) is 2. The molecule has 7 heteroatoms. The van der Waals surface area contributed by atoms with Crippen LogP contribution in [-0.2, 0) is 4.74 Å². The molecule has 7 nitrogen and oxygen atoms in total. The highest BCUT2D eigenvalue weighted by atomic mass is 16.5. The smallest absolute Gasteiger partial charge is 0.337 e. The lowest BCUT2D eigenvalue weighted by molar-refractivity contribution is 0.0600. The Bertz CT molecular complexity index is 1020. The average Bonchev–Trinajstić information content (AvgIpc) is 2.74. The van der Waals surface area contributed by atoms with Gasteiger partial charge in [0.25, 0.3) is 5.91 Å². The van der Waals surface area contributed by atoms with Crippen LogP contribution in [0.25, 0.3) is 0 Å². The zero-order valence-corrected chi connectivity index (χ0v) is 16.5. The van der Waals surface area contributed by atoms with E-state index in [9.17, 15) is 9.59 Å². The zero-order chi connectivity index (χ0) is 20.8. The van der Waals surface area contributed by atoms with Gasteiger partial charge in [-0.1, -0.05) is 38.1 Å². The van der Waals surface area contributed by atoms with Crippen molar-refractivity contribution in [2.75, 3.05) is 17.7 Å². The van der Waals surface area contributed by atoms with Crippen LogP contribution in [0.3, 0.4) is 0 Å². The molecule has 0 saturated carbocycles. The Morgan fingerprint density at radius 1 is 1.00 bits per heavy atom.